The molecule has 31 heavy (non-hydrogen) atoms. The van der Waals surface area contributed by atoms with Crippen molar-refractivity contribution in [1.29, 1.82) is 0 Å². The molecule has 0 radical (unpaired) electrons. The Morgan fingerprint density at radius 2 is 1.71 bits per heavy atom. The number of urea groups is 1. The number of halogens is 2. The van der Waals surface area contributed by atoms with Crippen molar-refractivity contribution < 1.29 is 9.59 Å². The first-order valence-corrected chi connectivity index (χ1v) is 10.6. The maximum atomic E-state index is 12.9. The van der Waals surface area contributed by atoms with E-state index in [2.05, 4.69) is 29.5 Å². The summed E-state index contributed by atoms with van der Waals surface area (Å²) in [6.45, 7) is 6.24. The predicted molar refractivity (Wildman–Crippen MR) is 126 cm³/mol. The van der Waals surface area contributed by atoms with Gasteiger partial charge in [0.2, 0.25) is 0 Å². The second-order valence-electron chi connectivity index (χ2n) is 8.14. The Morgan fingerprint density at radius 1 is 1.10 bits per heavy atom. The van der Waals surface area contributed by atoms with E-state index in [0.717, 1.165) is 5.56 Å². The molecular formula is C22H25Cl2N5O2. The van der Waals surface area contributed by atoms with Crippen LogP contribution in [0, 0.1) is 5.92 Å². The molecule has 3 amide bonds. The smallest absolute Gasteiger partial charge is 0.323 e. The number of amides is 3. The van der Waals surface area contributed by atoms with Crippen molar-refractivity contribution in [3.63, 3.8) is 0 Å². The monoisotopic (exact) mass is 461 g/mol. The van der Waals surface area contributed by atoms with Gasteiger partial charge >= 0.3 is 6.03 Å². The van der Waals surface area contributed by atoms with Crippen molar-refractivity contribution in [2.75, 3.05) is 10.6 Å². The highest BCUT2D eigenvalue weighted by Crippen LogP contribution is 2.29. The average Bonchev–Trinajstić information content (AvgIpc) is 2.88. The number of carbonyl (C=O) groups excluding carboxylic acids is 2. The van der Waals surface area contributed by atoms with Crippen LogP contribution in [0.5, 0.6) is 0 Å². The zero-order valence-electron chi connectivity index (χ0n) is 17.6. The van der Waals surface area contributed by atoms with E-state index in [1.165, 1.54) is 4.90 Å². The summed E-state index contributed by atoms with van der Waals surface area (Å²) in [6.07, 6.45) is 0.639. The lowest BCUT2D eigenvalue weighted by Crippen LogP contribution is -2.43. The van der Waals surface area contributed by atoms with Gasteiger partial charge in [0.15, 0.2) is 5.96 Å². The quantitative estimate of drug-likeness (QED) is 0.557. The maximum Gasteiger partial charge on any atom is 0.323 e. The fourth-order valence-corrected chi connectivity index (χ4v) is 3.88. The Bertz CT molecular complexity index is 1020. The van der Waals surface area contributed by atoms with Crippen LogP contribution in [0.4, 0.5) is 16.2 Å². The fraction of sp³-hybridized carbons (Fsp3) is 0.318. The third-order valence-electron chi connectivity index (χ3n) is 4.88. The minimum absolute atomic E-state index is 0.0955. The van der Waals surface area contributed by atoms with Crippen LogP contribution in [0.3, 0.4) is 0 Å². The summed E-state index contributed by atoms with van der Waals surface area (Å²) in [5, 5.41) is 6.20. The van der Waals surface area contributed by atoms with Gasteiger partial charge in [0.05, 0.1) is 16.6 Å². The maximum absolute atomic E-state index is 12.9. The summed E-state index contributed by atoms with van der Waals surface area (Å²) >= 11 is 11.8. The summed E-state index contributed by atoms with van der Waals surface area (Å²) in [5.41, 5.74) is 7.20. The van der Waals surface area contributed by atoms with Crippen molar-refractivity contribution in [1.82, 2.24) is 4.90 Å². The predicted octanol–water partition coefficient (Wildman–Crippen LogP) is 5.10. The van der Waals surface area contributed by atoms with E-state index in [1.807, 2.05) is 19.1 Å². The molecule has 1 unspecified atom stereocenters. The van der Waals surface area contributed by atoms with Crippen molar-refractivity contribution in [3.05, 3.63) is 58.1 Å². The Kier molecular flexibility index (Phi) is 6.77. The highest BCUT2D eigenvalue weighted by Gasteiger charge is 2.43. The number of benzene rings is 2. The number of nitrogens with zero attached hydrogens (tertiary/aromatic N) is 2. The van der Waals surface area contributed by atoms with Gasteiger partial charge in [-0.05, 0) is 55.2 Å². The fourth-order valence-electron chi connectivity index (χ4n) is 3.58. The van der Waals surface area contributed by atoms with Gasteiger partial charge in [-0.2, -0.15) is 0 Å². The largest absolute Gasteiger partial charge is 0.369 e. The Balaban J connectivity index is 1.60. The summed E-state index contributed by atoms with van der Waals surface area (Å²) < 4.78 is 0. The first kappa shape index (κ1) is 22.9. The standard InChI is InChI=1S/C22H25Cl2N5O2/c1-13(2)11-22(3)19(30)29(20(25)28-22)12-14-4-6-15(7-5-14)26-21(31)27-16-8-9-17(23)18(24)10-16/h4-10,13H,11-12H2,1-3H3,(H2,25,28)(H2,26,27,31). The van der Waals surface area contributed by atoms with Crippen LogP contribution < -0.4 is 16.4 Å². The Labute approximate surface area is 191 Å². The minimum atomic E-state index is -0.817. The molecule has 1 aliphatic rings. The summed E-state index contributed by atoms with van der Waals surface area (Å²) in [7, 11) is 0. The highest BCUT2D eigenvalue weighted by molar-refractivity contribution is 6.42. The molecule has 0 saturated heterocycles. The summed E-state index contributed by atoms with van der Waals surface area (Å²) in [6, 6.07) is 11.6. The molecule has 0 aliphatic carbocycles. The lowest BCUT2D eigenvalue weighted by Gasteiger charge is -2.23. The van der Waals surface area contributed by atoms with Gasteiger partial charge in [-0.3, -0.25) is 9.69 Å². The number of nitrogens with one attached hydrogen (secondary N) is 2. The Hall–Kier alpha value is -2.77. The molecule has 0 spiro atoms. The van der Waals surface area contributed by atoms with Gasteiger partial charge in [-0.25, -0.2) is 9.79 Å². The molecule has 3 rings (SSSR count). The number of rotatable bonds is 6. The van der Waals surface area contributed by atoms with Gasteiger partial charge in [0, 0.05) is 11.4 Å². The van der Waals surface area contributed by atoms with Crippen molar-refractivity contribution in [2.24, 2.45) is 16.6 Å². The summed E-state index contributed by atoms with van der Waals surface area (Å²) in [5.74, 6) is 0.462. The number of aliphatic imine (C=N–C) groups is 1. The summed E-state index contributed by atoms with van der Waals surface area (Å²) in [4.78, 5) is 31.0. The first-order chi connectivity index (χ1) is 14.6. The van der Waals surface area contributed by atoms with E-state index >= 15 is 0 Å². The van der Waals surface area contributed by atoms with Crippen molar-refractivity contribution >= 4 is 52.5 Å². The number of guanidine groups is 1. The number of carbonyl (C=O) groups is 2. The number of nitrogens with two attached hydrogens (primary N) is 1. The Morgan fingerprint density at radius 3 is 2.32 bits per heavy atom. The van der Waals surface area contributed by atoms with E-state index in [0.29, 0.717) is 40.3 Å². The molecule has 1 heterocycles. The molecule has 2 aromatic rings. The first-order valence-electron chi connectivity index (χ1n) is 9.86. The van der Waals surface area contributed by atoms with Crippen LogP contribution >= 0.6 is 23.2 Å². The van der Waals surface area contributed by atoms with Crippen molar-refractivity contribution in [2.45, 2.75) is 39.3 Å². The molecule has 0 bridgehead atoms. The molecule has 0 aromatic heterocycles. The molecule has 4 N–H and O–H groups in total. The lowest BCUT2D eigenvalue weighted by atomic mass is 9.91. The second-order valence-corrected chi connectivity index (χ2v) is 8.95. The van der Waals surface area contributed by atoms with Crippen LogP contribution in [-0.2, 0) is 11.3 Å². The van der Waals surface area contributed by atoms with Gasteiger partial charge in [0.25, 0.3) is 5.91 Å². The molecule has 164 valence electrons. The highest BCUT2D eigenvalue weighted by atomic mass is 35.5. The average molecular weight is 462 g/mol. The van der Waals surface area contributed by atoms with Gasteiger partial charge in [-0.15, -0.1) is 0 Å². The zero-order chi connectivity index (χ0) is 22.8. The molecular weight excluding hydrogens is 437 g/mol. The SMILES string of the molecule is CC(C)CC1(C)N=C(N)N(Cc2ccc(NC(=O)Nc3ccc(Cl)c(Cl)c3)cc2)C1=O. The molecule has 9 heteroatoms. The normalized spacial score (nSPS) is 18.3. The topological polar surface area (TPSA) is 99.8 Å². The molecule has 1 atom stereocenters. The lowest BCUT2D eigenvalue weighted by molar-refractivity contribution is -0.131. The van der Waals surface area contributed by atoms with Crippen molar-refractivity contribution in [3.8, 4) is 0 Å². The molecule has 1 aliphatic heterocycles. The minimum Gasteiger partial charge on any atom is -0.369 e. The second kappa shape index (κ2) is 9.16. The van der Waals surface area contributed by atoms with E-state index in [1.54, 1.807) is 30.3 Å². The molecule has 0 fully saturated rings. The third-order valence-corrected chi connectivity index (χ3v) is 5.62. The van der Waals surface area contributed by atoms with Crippen LogP contribution in [0.1, 0.15) is 32.8 Å². The number of hydrogen-bond donors (Lipinski definition) is 3. The molecule has 2 aromatic carbocycles. The van der Waals surface area contributed by atoms with Crippen LogP contribution in [0.2, 0.25) is 10.0 Å². The van der Waals surface area contributed by atoms with Crippen LogP contribution in [-0.4, -0.2) is 28.3 Å². The third kappa shape index (κ3) is 5.48. The van der Waals surface area contributed by atoms with E-state index < -0.39 is 11.6 Å². The molecule has 0 saturated carbocycles. The van der Waals surface area contributed by atoms with Gasteiger partial charge < -0.3 is 16.4 Å². The van der Waals surface area contributed by atoms with Crippen LogP contribution in [0.15, 0.2) is 47.5 Å². The number of hydrogen-bond acceptors (Lipinski definition) is 4. The van der Waals surface area contributed by atoms with E-state index in [4.69, 9.17) is 28.9 Å². The van der Waals surface area contributed by atoms with E-state index in [-0.39, 0.29) is 11.9 Å². The van der Waals surface area contributed by atoms with Gasteiger partial charge in [-0.1, -0.05) is 49.2 Å². The molecule has 7 nitrogen and oxygen atoms in total. The van der Waals surface area contributed by atoms with Gasteiger partial charge in [0.1, 0.15) is 5.54 Å². The zero-order valence-corrected chi connectivity index (χ0v) is 19.1. The number of anilines is 2. The van der Waals surface area contributed by atoms with Crippen LogP contribution in [0.25, 0.3) is 0 Å². The van der Waals surface area contributed by atoms with E-state index in [9.17, 15) is 9.59 Å².